The van der Waals surface area contributed by atoms with E-state index in [-0.39, 0.29) is 12.0 Å². The fourth-order valence-electron chi connectivity index (χ4n) is 2.38. The third-order valence-corrected chi connectivity index (χ3v) is 3.78. The van der Waals surface area contributed by atoms with Gasteiger partial charge in [-0.25, -0.2) is 0 Å². The van der Waals surface area contributed by atoms with E-state index in [0.717, 1.165) is 30.2 Å². The van der Waals surface area contributed by atoms with Gasteiger partial charge in [0.2, 0.25) is 5.91 Å². The van der Waals surface area contributed by atoms with Gasteiger partial charge in [-0.15, -0.1) is 0 Å². The van der Waals surface area contributed by atoms with Gasteiger partial charge < -0.3 is 10.1 Å². The van der Waals surface area contributed by atoms with Gasteiger partial charge in [-0.05, 0) is 13.0 Å². The Kier molecular flexibility index (Phi) is 5.83. The van der Waals surface area contributed by atoms with Crippen LogP contribution in [0.25, 0.3) is 0 Å². The SMILES string of the molecule is CCNC(=O)CCN1CCO[C@H](c2ccccc2Cl)C1. The van der Waals surface area contributed by atoms with Crippen LogP contribution in [0.4, 0.5) is 0 Å². The number of carbonyl (C=O) groups is 1. The molecular formula is C15H21ClN2O2. The summed E-state index contributed by atoms with van der Waals surface area (Å²) in [6, 6.07) is 7.77. The Morgan fingerprint density at radius 3 is 3.05 bits per heavy atom. The molecule has 0 aliphatic carbocycles. The zero-order chi connectivity index (χ0) is 14.4. The summed E-state index contributed by atoms with van der Waals surface area (Å²) in [4.78, 5) is 13.8. The lowest BCUT2D eigenvalue weighted by Crippen LogP contribution is -2.40. The summed E-state index contributed by atoms with van der Waals surface area (Å²) in [5.41, 5.74) is 1.02. The zero-order valence-electron chi connectivity index (χ0n) is 11.8. The van der Waals surface area contributed by atoms with Crippen molar-refractivity contribution in [1.82, 2.24) is 10.2 Å². The van der Waals surface area contributed by atoms with E-state index in [0.29, 0.717) is 19.6 Å². The molecule has 20 heavy (non-hydrogen) atoms. The smallest absolute Gasteiger partial charge is 0.221 e. The summed E-state index contributed by atoms with van der Waals surface area (Å²) >= 11 is 6.21. The van der Waals surface area contributed by atoms with Crippen LogP contribution in [0.1, 0.15) is 25.0 Å². The number of carbonyl (C=O) groups excluding carboxylic acids is 1. The number of morpholine rings is 1. The molecule has 0 radical (unpaired) electrons. The Morgan fingerprint density at radius 2 is 2.30 bits per heavy atom. The molecule has 4 nitrogen and oxygen atoms in total. The van der Waals surface area contributed by atoms with Crippen molar-refractivity contribution in [3.63, 3.8) is 0 Å². The predicted molar refractivity (Wildman–Crippen MR) is 79.9 cm³/mol. The molecule has 0 spiro atoms. The van der Waals surface area contributed by atoms with E-state index in [1.165, 1.54) is 0 Å². The van der Waals surface area contributed by atoms with Crippen molar-refractivity contribution in [3.8, 4) is 0 Å². The van der Waals surface area contributed by atoms with Gasteiger partial charge in [0, 0.05) is 43.2 Å². The first-order valence-corrected chi connectivity index (χ1v) is 7.43. The number of nitrogens with zero attached hydrogens (tertiary/aromatic N) is 1. The largest absolute Gasteiger partial charge is 0.371 e. The lowest BCUT2D eigenvalue weighted by molar-refractivity contribution is -0.121. The highest BCUT2D eigenvalue weighted by Gasteiger charge is 2.23. The molecule has 110 valence electrons. The van der Waals surface area contributed by atoms with Crippen LogP contribution in [0.15, 0.2) is 24.3 Å². The molecule has 1 N–H and O–H groups in total. The molecule has 2 rings (SSSR count). The van der Waals surface area contributed by atoms with E-state index in [4.69, 9.17) is 16.3 Å². The zero-order valence-corrected chi connectivity index (χ0v) is 12.5. The highest BCUT2D eigenvalue weighted by atomic mass is 35.5. The van der Waals surface area contributed by atoms with Crippen molar-refractivity contribution in [3.05, 3.63) is 34.9 Å². The molecule has 1 aliphatic rings. The molecule has 0 bridgehead atoms. The molecule has 1 aromatic carbocycles. The monoisotopic (exact) mass is 296 g/mol. The van der Waals surface area contributed by atoms with Crippen LogP contribution < -0.4 is 5.32 Å². The van der Waals surface area contributed by atoms with Crippen LogP contribution in [-0.4, -0.2) is 43.6 Å². The molecule has 1 aliphatic heterocycles. The number of rotatable bonds is 5. The molecule has 0 unspecified atom stereocenters. The van der Waals surface area contributed by atoms with Crippen LogP contribution >= 0.6 is 11.6 Å². The number of amides is 1. The van der Waals surface area contributed by atoms with Crippen molar-refractivity contribution in [2.45, 2.75) is 19.4 Å². The second kappa shape index (κ2) is 7.62. The molecule has 1 atom stereocenters. The molecule has 0 saturated carbocycles. The summed E-state index contributed by atoms with van der Waals surface area (Å²) in [5.74, 6) is 0.105. The quantitative estimate of drug-likeness (QED) is 0.906. The van der Waals surface area contributed by atoms with Gasteiger partial charge in [-0.3, -0.25) is 9.69 Å². The third kappa shape index (κ3) is 4.20. The van der Waals surface area contributed by atoms with Gasteiger partial charge in [-0.1, -0.05) is 29.8 Å². The van der Waals surface area contributed by atoms with Gasteiger partial charge in [-0.2, -0.15) is 0 Å². The average Bonchev–Trinajstić information content (AvgIpc) is 2.46. The number of ether oxygens (including phenoxy) is 1. The van der Waals surface area contributed by atoms with Crippen LogP contribution in [0.3, 0.4) is 0 Å². The van der Waals surface area contributed by atoms with Crippen LogP contribution in [0.5, 0.6) is 0 Å². The standard InChI is InChI=1S/C15H21ClN2O2/c1-2-17-15(19)7-8-18-9-10-20-14(11-18)12-5-3-4-6-13(12)16/h3-6,14H,2,7-11H2,1H3,(H,17,19)/t14-/m0/s1. The maximum absolute atomic E-state index is 11.5. The maximum Gasteiger partial charge on any atom is 0.221 e. The van der Waals surface area contributed by atoms with Gasteiger partial charge in [0.15, 0.2) is 0 Å². The van der Waals surface area contributed by atoms with Gasteiger partial charge in [0.05, 0.1) is 12.7 Å². The summed E-state index contributed by atoms with van der Waals surface area (Å²) in [5, 5.41) is 3.56. The van der Waals surface area contributed by atoms with Crippen molar-refractivity contribution in [2.24, 2.45) is 0 Å². The molecule has 1 fully saturated rings. The summed E-state index contributed by atoms with van der Waals surface area (Å²) in [6.07, 6.45) is 0.523. The first-order valence-electron chi connectivity index (χ1n) is 7.05. The fourth-order valence-corrected chi connectivity index (χ4v) is 2.63. The maximum atomic E-state index is 11.5. The number of benzene rings is 1. The molecule has 1 amide bonds. The lowest BCUT2D eigenvalue weighted by Gasteiger charge is -2.33. The summed E-state index contributed by atoms with van der Waals surface area (Å²) < 4.78 is 5.80. The molecular weight excluding hydrogens is 276 g/mol. The first-order chi connectivity index (χ1) is 9.70. The second-order valence-electron chi connectivity index (χ2n) is 4.89. The van der Waals surface area contributed by atoms with Crippen molar-refractivity contribution in [2.75, 3.05) is 32.8 Å². The van der Waals surface area contributed by atoms with Gasteiger partial charge in [0.1, 0.15) is 0 Å². The van der Waals surface area contributed by atoms with E-state index >= 15 is 0 Å². The van der Waals surface area contributed by atoms with E-state index < -0.39 is 0 Å². The van der Waals surface area contributed by atoms with Crippen molar-refractivity contribution in [1.29, 1.82) is 0 Å². The number of hydrogen-bond acceptors (Lipinski definition) is 3. The average molecular weight is 297 g/mol. The number of hydrogen-bond donors (Lipinski definition) is 1. The van der Waals surface area contributed by atoms with Crippen molar-refractivity contribution >= 4 is 17.5 Å². The topological polar surface area (TPSA) is 41.6 Å². The van der Waals surface area contributed by atoms with Crippen LogP contribution in [-0.2, 0) is 9.53 Å². The molecule has 0 aromatic heterocycles. The Bertz CT molecular complexity index is 453. The molecule has 1 heterocycles. The number of halogens is 1. The second-order valence-corrected chi connectivity index (χ2v) is 5.29. The Morgan fingerprint density at radius 1 is 1.50 bits per heavy atom. The van der Waals surface area contributed by atoms with E-state index in [1.54, 1.807) is 0 Å². The van der Waals surface area contributed by atoms with Crippen LogP contribution in [0.2, 0.25) is 5.02 Å². The Hall–Kier alpha value is -1.10. The molecule has 1 aromatic rings. The minimum absolute atomic E-state index is 0.00770. The Balaban J connectivity index is 1.89. The highest BCUT2D eigenvalue weighted by Crippen LogP contribution is 2.28. The molecule has 5 heteroatoms. The van der Waals surface area contributed by atoms with Gasteiger partial charge >= 0.3 is 0 Å². The first kappa shape index (κ1) is 15.3. The van der Waals surface area contributed by atoms with E-state index in [1.807, 2.05) is 31.2 Å². The third-order valence-electron chi connectivity index (χ3n) is 3.43. The Labute approximate surface area is 125 Å². The van der Waals surface area contributed by atoms with E-state index in [9.17, 15) is 4.79 Å². The van der Waals surface area contributed by atoms with Gasteiger partial charge in [0.25, 0.3) is 0 Å². The molecule has 1 saturated heterocycles. The minimum Gasteiger partial charge on any atom is -0.371 e. The fraction of sp³-hybridized carbons (Fsp3) is 0.533. The van der Waals surface area contributed by atoms with E-state index in [2.05, 4.69) is 10.2 Å². The normalized spacial score (nSPS) is 19.8. The predicted octanol–water partition coefficient (Wildman–Crippen LogP) is 2.24. The van der Waals surface area contributed by atoms with Crippen LogP contribution in [0, 0.1) is 0 Å². The highest BCUT2D eigenvalue weighted by molar-refractivity contribution is 6.31. The number of nitrogens with one attached hydrogen (secondary N) is 1. The minimum atomic E-state index is -0.00770. The summed E-state index contributed by atoms with van der Waals surface area (Å²) in [7, 11) is 0. The lowest BCUT2D eigenvalue weighted by atomic mass is 10.1. The summed E-state index contributed by atoms with van der Waals surface area (Å²) in [6.45, 7) is 5.69. The van der Waals surface area contributed by atoms with Crippen molar-refractivity contribution < 1.29 is 9.53 Å².